The van der Waals surface area contributed by atoms with Gasteiger partial charge in [-0.05, 0) is 18.2 Å². The molecule has 1 amide bonds. The summed E-state index contributed by atoms with van der Waals surface area (Å²) in [5.41, 5.74) is 0.593. The van der Waals surface area contributed by atoms with Crippen molar-refractivity contribution in [2.24, 2.45) is 0 Å². The molecule has 7 nitrogen and oxygen atoms in total. The predicted molar refractivity (Wildman–Crippen MR) is 80.3 cm³/mol. The minimum absolute atomic E-state index is 0.0232. The molecular formula is C13H10FN5O2S. The number of imidazole rings is 1. The van der Waals surface area contributed by atoms with E-state index >= 15 is 0 Å². The normalized spacial score (nSPS) is 10.8. The Kier molecular flexibility index (Phi) is 3.88. The fraction of sp³-hybridized carbons (Fsp3) is 0.0769. The van der Waals surface area contributed by atoms with Crippen molar-refractivity contribution in [3.8, 4) is 0 Å². The summed E-state index contributed by atoms with van der Waals surface area (Å²) in [6.07, 6.45) is 1.37. The molecule has 0 aliphatic carbocycles. The fourth-order valence-corrected chi connectivity index (χ4v) is 2.44. The Balaban J connectivity index is 1.66. The Bertz CT molecular complexity index is 891. The van der Waals surface area contributed by atoms with Gasteiger partial charge in [0.15, 0.2) is 16.3 Å². The molecule has 3 N–H and O–H groups in total. The van der Waals surface area contributed by atoms with Gasteiger partial charge in [0.25, 0.3) is 5.56 Å². The Morgan fingerprint density at radius 2 is 2.27 bits per heavy atom. The molecule has 0 atom stereocenters. The number of thioether (sulfide) groups is 1. The highest BCUT2D eigenvalue weighted by Gasteiger charge is 2.09. The molecule has 0 radical (unpaired) electrons. The van der Waals surface area contributed by atoms with Crippen molar-refractivity contribution in [1.82, 2.24) is 19.9 Å². The molecule has 0 saturated heterocycles. The number of amides is 1. The van der Waals surface area contributed by atoms with Gasteiger partial charge in [-0.3, -0.25) is 14.6 Å². The minimum Gasteiger partial charge on any atom is -0.339 e. The van der Waals surface area contributed by atoms with Gasteiger partial charge in [0.1, 0.15) is 5.82 Å². The standard InChI is InChI=1S/C13H10FN5O2S/c14-7-2-1-3-8(4-7)17-9(20)5-22-13-18-11-10(12(21)19-13)15-6-16-11/h1-4,6H,5H2,(H,17,20)(H2,15,16,18,19,21). The molecule has 0 aliphatic rings. The molecular weight excluding hydrogens is 309 g/mol. The van der Waals surface area contributed by atoms with Crippen LogP contribution in [0.4, 0.5) is 10.1 Å². The fourth-order valence-electron chi connectivity index (χ4n) is 1.79. The third-order valence-corrected chi connectivity index (χ3v) is 3.60. The molecule has 3 rings (SSSR count). The first kappa shape index (κ1) is 14.3. The zero-order chi connectivity index (χ0) is 15.5. The number of nitrogens with zero attached hydrogens (tertiary/aromatic N) is 2. The van der Waals surface area contributed by atoms with Gasteiger partial charge in [-0.15, -0.1) is 0 Å². The van der Waals surface area contributed by atoms with E-state index in [0.29, 0.717) is 10.8 Å². The van der Waals surface area contributed by atoms with Crippen LogP contribution in [0.2, 0.25) is 0 Å². The number of hydrogen-bond donors (Lipinski definition) is 3. The second-order valence-electron chi connectivity index (χ2n) is 4.32. The number of benzene rings is 1. The van der Waals surface area contributed by atoms with E-state index in [0.717, 1.165) is 11.8 Å². The monoisotopic (exact) mass is 319 g/mol. The van der Waals surface area contributed by atoms with Crippen LogP contribution in [0, 0.1) is 5.82 Å². The Morgan fingerprint density at radius 3 is 3.09 bits per heavy atom. The summed E-state index contributed by atoms with van der Waals surface area (Å²) < 4.78 is 13.0. The van der Waals surface area contributed by atoms with Gasteiger partial charge >= 0.3 is 0 Å². The summed E-state index contributed by atoms with van der Waals surface area (Å²) in [5.74, 6) is -0.740. The summed E-state index contributed by atoms with van der Waals surface area (Å²) in [6.45, 7) is 0. The summed E-state index contributed by atoms with van der Waals surface area (Å²) >= 11 is 1.06. The Morgan fingerprint density at radius 1 is 1.41 bits per heavy atom. The zero-order valence-electron chi connectivity index (χ0n) is 11.1. The number of aromatic amines is 2. The quantitative estimate of drug-likeness (QED) is 0.499. The number of carbonyl (C=O) groups excluding carboxylic acids is 1. The zero-order valence-corrected chi connectivity index (χ0v) is 11.9. The highest BCUT2D eigenvalue weighted by atomic mass is 32.2. The number of H-pyrrole nitrogens is 2. The lowest BCUT2D eigenvalue weighted by Gasteiger charge is -2.04. The number of hydrogen-bond acceptors (Lipinski definition) is 5. The van der Waals surface area contributed by atoms with Gasteiger partial charge in [-0.25, -0.2) is 14.4 Å². The highest BCUT2D eigenvalue weighted by molar-refractivity contribution is 7.99. The van der Waals surface area contributed by atoms with Gasteiger partial charge < -0.3 is 10.3 Å². The second kappa shape index (κ2) is 5.98. The van der Waals surface area contributed by atoms with Crippen molar-refractivity contribution >= 4 is 34.5 Å². The number of nitrogens with one attached hydrogen (secondary N) is 3. The Labute approximate surface area is 127 Å². The van der Waals surface area contributed by atoms with Crippen LogP contribution < -0.4 is 10.9 Å². The molecule has 3 aromatic rings. The molecule has 0 bridgehead atoms. The van der Waals surface area contributed by atoms with Crippen LogP contribution in [0.25, 0.3) is 11.2 Å². The maximum Gasteiger partial charge on any atom is 0.277 e. The van der Waals surface area contributed by atoms with Crippen LogP contribution in [0.3, 0.4) is 0 Å². The van der Waals surface area contributed by atoms with Gasteiger partial charge in [-0.2, -0.15) is 0 Å². The number of anilines is 1. The van der Waals surface area contributed by atoms with Crippen LogP contribution in [0.1, 0.15) is 0 Å². The molecule has 0 saturated carbocycles. The van der Waals surface area contributed by atoms with E-state index in [9.17, 15) is 14.0 Å². The molecule has 0 spiro atoms. The van der Waals surface area contributed by atoms with Crippen molar-refractivity contribution in [1.29, 1.82) is 0 Å². The van der Waals surface area contributed by atoms with E-state index in [-0.39, 0.29) is 28.4 Å². The van der Waals surface area contributed by atoms with Crippen LogP contribution in [-0.2, 0) is 4.79 Å². The van der Waals surface area contributed by atoms with Gasteiger partial charge in [0.2, 0.25) is 5.91 Å². The number of aromatic nitrogens is 4. The molecule has 1 aromatic carbocycles. The van der Waals surface area contributed by atoms with Crippen molar-refractivity contribution in [2.45, 2.75) is 5.16 Å². The first-order valence-electron chi connectivity index (χ1n) is 6.23. The Hall–Kier alpha value is -2.68. The average molecular weight is 319 g/mol. The van der Waals surface area contributed by atoms with E-state index in [2.05, 4.69) is 25.3 Å². The van der Waals surface area contributed by atoms with E-state index in [1.54, 1.807) is 6.07 Å². The molecule has 0 unspecified atom stereocenters. The SMILES string of the molecule is O=C(CSc1nc2nc[nH]c2c(=O)[nH]1)Nc1cccc(F)c1. The lowest BCUT2D eigenvalue weighted by Crippen LogP contribution is -2.15. The lowest BCUT2D eigenvalue weighted by atomic mass is 10.3. The van der Waals surface area contributed by atoms with Crippen molar-refractivity contribution in [3.63, 3.8) is 0 Å². The van der Waals surface area contributed by atoms with Crippen LogP contribution in [0.15, 0.2) is 40.5 Å². The van der Waals surface area contributed by atoms with E-state index in [1.165, 1.54) is 24.5 Å². The van der Waals surface area contributed by atoms with E-state index < -0.39 is 5.82 Å². The minimum atomic E-state index is -0.430. The van der Waals surface area contributed by atoms with Gasteiger partial charge in [0, 0.05) is 5.69 Å². The molecule has 2 heterocycles. The largest absolute Gasteiger partial charge is 0.339 e. The topological polar surface area (TPSA) is 104 Å². The summed E-state index contributed by atoms with van der Waals surface area (Å²) in [5, 5.41) is 2.85. The molecule has 22 heavy (non-hydrogen) atoms. The lowest BCUT2D eigenvalue weighted by molar-refractivity contribution is -0.113. The number of fused-ring (bicyclic) bond motifs is 1. The molecule has 0 aliphatic heterocycles. The van der Waals surface area contributed by atoms with Crippen LogP contribution >= 0.6 is 11.8 Å². The number of halogens is 1. The van der Waals surface area contributed by atoms with Crippen molar-refractivity contribution in [2.75, 3.05) is 11.1 Å². The van der Waals surface area contributed by atoms with E-state index in [4.69, 9.17) is 0 Å². The van der Waals surface area contributed by atoms with Gasteiger partial charge in [-0.1, -0.05) is 17.8 Å². The number of carbonyl (C=O) groups is 1. The first-order valence-corrected chi connectivity index (χ1v) is 7.22. The maximum atomic E-state index is 13.0. The highest BCUT2D eigenvalue weighted by Crippen LogP contribution is 2.14. The van der Waals surface area contributed by atoms with Crippen LogP contribution in [-0.4, -0.2) is 31.6 Å². The van der Waals surface area contributed by atoms with Crippen LogP contribution in [0.5, 0.6) is 0 Å². The first-order chi connectivity index (χ1) is 10.6. The molecule has 112 valence electrons. The van der Waals surface area contributed by atoms with E-state index in [1.807, 2.05) is 0 Å². The van der Waals surface area contributed by atoms with Gasteiger partial charge in [0.05, 0.1) is 12.1 Å². The molecule has 0 fully saturated rings. The maximum absolute atomic E-state index is 13.0. The number of rotatable bonds is 4. The van der Waals surface area contributed by atoms with Crippen molar-refractivity contribution < 1.29 is 9.18 Å². The third kappa shape index (κ3) is 3.14. The molecule has 9 heteroatoms. The summed E-state index contributed by atoms with van der Waals surface area (Å²) in [7, 11) is 0. The smallest absolute Gasteiger partial charge is 0.277 e. The second-order valence-corrected chi connectivity index (χ2v) is 5.28. The van der Waals surface area contributed by atoms with Crippen molar-refractivity contribution in [3.05, 3.63) is 46.8 Å². The summed E-state index contributed by atoms with van der Waals surface area (Å²) in [4.78, 5) is 36.8. The average Bonchev–Trinajstić information content (AvgIpc) is 2.94. The summed E-state index contributed by atoms with van der Waals surface area (Å²) in [6, 6.07) is 5.60. The molecule has 2 aromatic heterocycles. The predicted octanol–water partition coefficient (Wildman–Crippen LogP) is 1.52. The third-order valence-electron chi connectivity index (χ3n) is 2.72.